The molecule has 0 aliphatic heterocycles. The molecule has 6 heterocycles. The summed E-state index contributed by atoms with van der Waals surface area (Å²) < 4.78 is 23.6. The van der Waals surface area contributed by atoms with Crippen LogP contribution in [0.5, 0.6) is 0 Å². The minimum Gasteiger partial charge on any atom is -0.454 e. The molecule has 0 amide bonds. The van der Waals surface area contributed by atoms with E-state index >= 15 is 0 Å². The normalized spacial score (nSPS) is 12.5. The molecule has 122 heavy (non-hydrogen) atoms. The monoisotopic (exact) mass is 1570 g/mol. The molecule has 0 aliphatic rings. The lowest BCUT2D eigenvalue weighted by Gasteiger charge is -2.40. The molecular weight excluding hydrogens is 1490 g/mol. The molecule has 1 atom stereocenters. The fourth-order valence-corrected chi connectivity index (χ4v) is 20.1. The van der Waals surface area contributed by atoms with Gasteiger partial charge in [-0.05, 0) is 248 Å². The Labute approximate surface area is 704 Å². The number of hydrogen-bond acceptors (Lipinski definition) is 5. The molecule has 18 aromatic carbocycles. The topological polar surface area (TPSA) is 55.7 Å². The molecule has 0 unspecified atom stereocenters. The summed E-state index contributed by atoms with van der Waals surface area (Å²) in [6, 6.07) is 138. The lowest BCUT2D eigenvalue weighted by Crippen LogP contribution is -2.39. The first-order valence-corrected chi connectivity index (χ1v) is 42.1. The van der Waals surface area contributed by atoms with Gasteiger partial charge in [-0.15, -0.1) is 6.58 Å². The number of anilines is 8. The first kappa shape index (κ1) is 70.6. The highest BCUT2D eigenvalue weighted by Crippen LogP contribution is 2.52. The summed E-state index contributed by atoms with van der Waals surface area (Å²) in [4.78, 5) is 7.36. The minimum atomic E-state index is -0.380. The molecular formula is C113H81N7O2. The van der Waals surface area contributed by atoms with Gasteiger partial charge in [-0.3, -0.25) is 0 Å². The van der Waals surface area contributed by atoms with E-state index in [4.69, 9.17) is 8.83 Å². The van der Waals surface area contributed by atoms with Gasteiger partial charge in [0.15, 0.2) is 11.2 Å². The highest BCUT2D eigenvalue weighted by Gasteiger charge is 2.33. The highest BCUT2D eigenvalue weighted by molar-refractivity contribution is 6.32. The minimum absolute atomic E-state index is 0.0967. The van der Waals surface area contributed by atoms with Gasteiger partial charge in [0.05, 0.1) is 55.5 Å². The third-order valence-corrected chi connectivity index (χ3v) is 26.1. The maximum Gasteiger partial charge on any atom is 0.159 e. The van der Waals surface area contributed by atoms with Gasteiger partial charge in [0, 0.05) is 133 Å². The van der Waals surface area contributed by atoms with E-state index in [1.165, 1.54) is 54.2 Å². The van der Waals surface area contributed by atoms with Gasteiger partial charge in [-0.1, -0.05) is 202 Å². The van der Waals surface area contributed by atoms with Crippen LogP contribution in [0.2, 0.25) is 0 Å². The Hall–Kier alpha value is -15.6. The quantitative estimate of drug-likeness (QED) is 0.0958. The number of fused-ring (bicyclic) bond motifs is 24. The van der Waals surface area contributed by atoms with Crippen molar-refractivity contribution in [2.45, 2.75) is 40.7 Å². The standard InChI is InChI=1S/C113H81N7O2/c1-7-113(5,6)72(4)114(79-48-56-95-91(66-79)107-85-52-62-101-109(87(85)54-60-99(107)117(95)73-30-12-8-13-31-73)93-68-81(50-58-97(93)119(101)75-34-16-10-17-35-75)115(77-38-24-28-70(2)64-77)103-44-26-42-89-83-40-20-22-46-105(83)121-111(89)103)80-49-57-96-92(67-80)108-86-53-63-102-110(88(86)55-61-100(108)118(96)74-32-14-9-15-33-74)94-69-82(51-59-98(94)120(102)76-36-18-11-19-37-76)116(78-39-25-29-71(3)65-78)104-45-27-43-90-84-41-21-23-47-106(84)122-112(90)104/h7-69,72H,1H2,2-6H3/t72-/m0/s1. The van der Waals surface area contributed by atoms with Crippen LogP contribution in [-0.2, 0) is 0 Å². The fourth-order valence-electron chi connectivity index (χ4n) is 20.1. The molecule has 0 saturated heterocycles. The predicted octanol–water partition coefficient (Wildman–Crippen LogP) is 31.5. The van der Waals surface area contributed by atoms with Crippen molar-refractivity contribution >= 4 is 198 Å². The maximum absolute atomic E-state index is 6.89. The summed E-state index contributed by atoms with van der Waals surface area (Å²) in [6.07, 6.45) is 2.13. The summed E-state index contributed by atoms with van der Waals surface area (Å²) in [5, 5.41) is 18.3. The summed E-state index contributed by atoms with van der Waals surface area (Å²) in [6.45, 7) is 15.9. The smallest absolute Gasteiger partial charge is 0.159 e. The third kappa shape index (κ3) is 10.7. The number of hydrogen-bond donors (Lipinski definition) is 0. The van der Waals surface area contributed by atoms with Gasteiger partial charge in [-0.25, -0.2) is 0 Å². The number of nitrogens with zero attached hydrogens (tertiary/aromatic N) is 7. The molecule has 9 heteroatoms. The van der Waals surface area contributed by atoms with Crippen LogP contribution in [-0.4, -0.2) is 24.3 Å². The van der Waals surface area contributed by atoms with Gasteiger partial charge in [0.1, 0.15) is 11.2 Å². The number of rotatable bonds is 15. The van der Waals surface area contributed by atoms with Gasteiger partial charge in [-0.2, -0.15) is 0 Å². The largest absolute Gasteiger partial charge is 0.454 e. The third-order valence-electron chi connectivity index (χ3n) is 26.1. The van der Waals surface area contributed by atoms with E-state index < -0.39 is 0 Å². The molecule has 9 nitrogen and oxygen atoms in total. The molecule has 0 spiro atoms. The van der Waals surface area contributed by atoms with Crippen molar-refractivity contribution in [1.82, 2.24) is 18.3 Å². The zero-order chi connectivity index (χ0) is 81.3. The van der Waals surface area contributed by atoms with E-state index in [1.807, 2.05) is 0 Å². The average molecular weight is 1570 g/mol. The summed E-state index contributed by atoms with van der Waals surface area (Å²) in [7, 11) is 0. The van der Waals surface area contributed by atoms with Crippen LogP contribution in [0.25, 0.3) is 175 Å². The second kappa shape index (κ2) is 27.2. The number of aryl methyl sites for hydroxylation is 2. The van der Waals surface area contributed by atoms with E-state index in [2.05, 4.69) is 456 Å². The van der Waals surface area contributed by atoms with Crippen LogP contribution in [0, 0.1) is 19.3 Å². The van der Waals surface area contributed by atoms with Crippen molar-refractivity contribution in [1.29, 1.82) is 0 Å². The van der Waals surface area contributed by atoms with Crippen LogP contribution in [0.15, 0.2) is 398 Å². The van der Waals surface area contributed by atoms with Crippen molar-refractivity contribution in [3.63, 3.8) is 0 Å². The molecule has 580 valence electrons. The van der Waals surface area contributed by atoms with Crippen LogP contribution >= 0.6 is 0 Å². The Morgan fingerprint density at radius 3 is 0.893 bits per heavy atom. The summed E-state index contributed by atoms with van der Waals surface area (Å²) in [5.74, 6) is 0. The first-order valence-electron chi connectivity index (χ1n) is 42.1. The Kier molecular flexibility index (Phi) is 15.8. The van der Waals surface area contributed by atoms with Crippen LogP contribution < -0.4 is 14.7 Å². The first-order chi connectivity index (χ1) is 60.0. The summed E-state index contributed by atoms with van der Waals surface area (Å²) >= 11 is 0. The van der Waals surface area contributed by atoms with Gasteiger partial charge in [0.25, 0.3) is 0 Å². The maximum atomic E-state index is 6.89. The molecule has 24 rings (SSSR count). The molecule has 0 bridgehead atoms. The molecule has 0 radical (unpaired) electrons. The molecule has 0 N–H and O–H groups in total. The van der Waals surface area contributed by atoms with Crippen molar-refractivity contribution in [3.05, 3.63) is 400 Å². The van der Waals surface area contributed by atoms with E-state index in [1.54, 1.807) is 0 Å². The van der Waals surface area contributed by atoms with Crippen molar-refractivity contribution in [2.75, 3.05) is 14.7 Å². The molecule has 0 fully saturated rings. The van der Waals surface area contributed by atoms with E-state index in [0.29, 0.717) is 0 Å². The predicted molar refractivity (Wildman–Crippen MR) is 514 cm³/mol. The van der Waals surface area contributed by atoms with Crippen LogP contribution in [0.3, 0.4) is 0 Å². The SMILES string of the molecule is C=CC(C)(C)[C@H](C)N(c1ccc2c(c1)c1c3ccc4c(c3ccc1n2-c1ccccc1)c1cc(N(c2cccc(C)c2)c2cccc3c2oc2ccccc23)ccc1n4-c1ccccc1)c1ccc2c(c1)c1c3ccc4c(c3ccc1n2-c1ccccc1)c1cc(N(c2cccc(C)c2)c2cccc3c2oc2ccccc23)ccc1n4-c1ccccc1. The van der Waals surface area contributed by atoms with Crippen molar-refractivity contribution in [3.8, 4) is 22.7 Å². The van der Waals surface area contributed by atoms with Crippen molar-refractivity contribution < 1.29 is 8.83 Å². The molecule has 0 aliphatic carbocycles. The second-order valence-corrected chi connectivity index (χ2v) is 33.4. The van der Waals surface area contributed by atoms with Gasteiger partial charge >= 0.3 is 0 Å². The van der Waals surface area contributed by atoms with Crippen LogP contribution in [0.1, 0.15) is 31.9 Å². The Morgan fingerprint density at radius 2 is 0.557 bits per heavy atom. The molecule has 6 aromatic heterocycles. The van der Waals surface area contributed by atoms with Crippen molar-refractivity contribution in [2.24, 2.45) is 5.41 Å². The second-order valence-electron chi connectivity index (χ2n) is 33.4. The average Bonchev–Trinajstić information content (AvgIpc) is 1.54. The number of furan rings is 2. The van der Waals surface area contributed by atoms with Gasteiger partial charge < -0.3 is 41.8 Å². The van der Waals surface area contributed by atoms with E-state index in [9.17, 15) is 0 Å². The molecule has 0 saturated carbocycles. The Balaban J connectivity index is 0.736. The highest BCUT2D eigenvalue weighted by atomic mass is 16.3. The number of benzene rings is 18. The van der Waals surface area contributed by atoms with E-state index in [0.717, 1.165) is 178 Å². The molecule has 24 aromatic rings. The van der Waals surface area contributed by atoms with E-state index in [-0.39, 0.29) is 11.5 Å². The van der Waals surface area contributed by atoms with Gasteiger partial charge in [0.2, 0.25) is 0 Å². The van der Waals surface area contributed by atoms with Crippen LogP contribution in [0.4, 0.5) is 45.5 Å². The zero-order valence-corrected chi connectivity index (χ0v) is 68.1. The lowest BCUT2D eigenvalue weighted by atomic mass is 9.84. The number of aromatic nitrogens is 4. The Bertz CT molecular complexity index is 7970. The number of para-hydroxylation sites is 8. The lowest BCUT2D eigenvalue weighted by molar-refractivity contribution is 0.390. The summed E-state index contributed by atoms with van der Waals surface area (Å²) in [5.41, 5.74) is 26.9. The Morgan fingerprint density at radius 1 is 0.270 bits per heavy atom. The fraction of sp³-hybridized carbons (Fsp3) is 0.0619. The zero-order valence-electron chi connectivity index (χ0n) is 68.1.